The maximum Gasteiger partial charge on any atom is 0.103 e. The molecule has 2 heterocycles. The molecule has 3 rings (SSSR count). The fourth-order valence-corrected chi connectivity index (χ4v) is 3.07. The van der Waals surface area contributed by atoms with Crippen LogP contribution in [-0.4, -0.2) is 37.4 Å². The van der Waals surface area contributed by atoms with Crippen molar-refractivity contribution in [3.05, 3.63) is 58.3 Å². The summed E-state index contributed by atoms with van der Waals surface area (Å²) in [6.07, 6.45) is 1.98. The maximum atomic E-state index is 4.57. The van der Waals surface area contributed by atoms with Gasteiger partial charge in [0.25, 0.3) is 0 Å². The molecular weight excluding hydrogens is 266 g/mol. The van der Waals surface area contributed by atoms with Crippen LogP contribution < -0.4 is 4.90 Å². The number of nitrogens with zero attached hydrogens (tertiary/aromatic N) is 2. The van der Waals surface area contributed by atoms with Crippen LogP contribution >= 0.6 is 11.3 Å². The molecule has 4 heteroatoms. The van der Waals surface area contributed by atoms with E-state index in [1.807, 2.05) is 6.21 Å². The Bertz CT molecular complexity index is 528. The Labute approximate surface area is 124 Å². The highest BCUT2D eigenvalue weighted by Crippen LogP contribution is 2.05. The molecule has 0 unspecified atom stereocenters. The lowest BCUT2D eigenvalue weighted by Crippen LogP contribution is -3.13. The second-order valence-electron chi connectivity index (χ2n) is 5.13. The lowest BCUT2D eigenvalue weighted by atomic mass is 10.2. The minimum atomic E-state index is 1.05. The van der Waals surface area contributed by atoms with Gasteiger partial charge < -0.3 is 4.90 Å². The number of thiophene rings is 1. The van der Waals surface area contributed by atoms with Crippen LogP contribution in [0.2, 0.25) is 0 Å². The molecule has 3 nitrogen and oxygen atoms in total. The summed E-state index contributed by atoms with van der Waals surface area (Å²) in [5.41, 5.74) is 1.43. The Morgan fingerprint density at radius 3 is 2.60 bits per heavy atom. The molecule has 0 amide bonds. The monoisotopic (exact) mass is 286 g/mol. The van der Waals surface area contributed by atoms with Crippen LogP contribution in [0.5, 0.6) is 0 Å². The van der Waals surface area contributed by atoms with E-state index in [1.54, 1.807) is 16.2 Å². The molecule has 0 saturated carbocycles. The fourth-order valence-electron chi connectivity index (χ4n) is 2.49. The van der Waals surface area contributed by atoms with E-state index in [0.29, 0.717) is 0 Å². The van der Waals surface area contributed by atoms with Crippen LogP contribution in [0, 0.1) is 0 Å². The second-order valence-corrected chi connectivity index (χ2v) is 6.11. The number of rotatable bonds is 4. The third-order valence-electron chi connectivity index (χ3n) is 3.64. The van der Waals surface area contributed by atoms with Gasteiger partial charge in [-0.3, -0.25) is 5.01 Å². The first-order valence-electron chi connectivity index (χ1n) is 7.10. The minimum Gasteiger partial charge on any atom is -0.328 e. The summed E-state index contributed by atoms with van der Waals surface area (Å²) < 4.78 is 0. The zero-order valence-corrected chi connectivity index (χ0v) is 12.4. The number of benzene rings is 1. The number of piperazine rings is 1. The topological polar surface area (TPSA) is 20.0 Å². The molecule has 1 aromatic carbocycles. The van der Waals surface area contributed by atoms with Gasteiger partial charge in [-0.05, 0) is 11.4 Å². The van der Waals surface area contributed by atoms with Crippen molar-refractivity contribution in [2.75, 3.05) is 26.2 Å². The van der Waals surface area contributed by atoms with E-state index in [4.69, 9.17) is 0 Å². The third-order valence-corrected chi connectivity index (χ3v) is 4.44. The third kappa shape index (κ3) is 3.68. The highest BCUT2D eigenvalue weighted by Gasteiger charge is 2.18. The lowest BCUT2D eigenvalue weighted by molar-refractivity contribution is -0.918. The fraction of sp³-hybridized carbons (Fsp3) is 0.312. The largest absolute Gasteiger partial charge is 0.328 e. The van der Waals surface area contributed by atoms with Crippen molar-refractivity contribution in [2.45, 2.75) is 6.54 Å². The predicted molar refractivity (Wildman–Crippen MR) is 84.3 cm³/mol. The number of hydrogen-bond donors (Lipinski definition) is 1. The van der Waals surface area contributed by atoms with Crippen LogP contribution in [-0.2, 0) is 6.54 Å². The van der Waals surface area contributed by atoms with Crippen molar-refractivity contribution in [1.29, 1.82) is 0 Å². The van der Waals surface area contributed by atoms with Gasteiger partial charge in [0.1, 0.15) is 6.54 Å². The average Bonchev–Trinajstić information content (AvgIpc) is 3.01. The van der Waals surface area contributed by atoms with Crippen LogP contribution in [0.4, 0.5) is 0 Å². The van der Waals surface area contributed by atoms with E-state index in [9.17, 15) is 0 Å². The van der Waals surface area contributed by atoms with Crippen molar-refractivity contribution in [1.82, 2.24) is 5.01 Å². The first kappa shape index (κ1) is 13.3. The second kappa shape index (κ2) is 6.68. The van der Waals surface area contributed by atoms with Crippen molar-refractivity contribution in [2.24, 2.45) is 5.10 Å². The van der Waals surface area contributed by atoms with Gasteiger partial charge in [-0.1, -0.05) is 36.4 Å². The summed E-state index contributed by atoms with van der Waals surface area (Å²) in [6.45, 7) is 5.55. The molecule has 1 aliphatic rings. The number of nitrogens with one attached hydrogen (secondary N) is 1. The number of hydrogen-bond acceptors (Lipinski definition) is 3. The van der Waals surface area contributed by atoms with Gasteiger partial charge in [0.05, 0.1) is 32.4 Å². The Kier molecular flexibility index (Phi) is 4.46. The predicted octanol–water partition coefficient (Wildman–Crippen LogP) is 1.48. The summed E-state index contributed by atoms with van der Waals surface area (Å²) in [5.74, 6) is 0. The molecule has 0 bridgehead atoms. The van der Waals surface area contributed by atoms with Crippen LogP contribution in [0.1, 0.15) is 10.4 Å². The Morgan fingerprint density at radius 2 is 1.90 bits per heavy atom. The SMILES string of the molecule is C(=N/N1CC[NH+](Cc2ccccc2)CC1)/c1cccs1. The summed E-state index contributed by atoms with van der Waals surface area (Å²) in [4.78, 5) is 2.88. The van der Waals surface area contributed by atoms with Gasteiger partial charge in [0.15, 0.2) is 0 Å². The smallest absolute Gasteiger partial charge is 0.103 e. The Balaban J connectivity index is 1.47. The molecule has 0 aliphatic carbocycles. The first-order valence-corrected chi connectivity index (χ1v) is 7.98. The molecule has 0 spiro atoms. The van der Waals surface area contributed by atoms with Crippen molar-refractivity contribution in [3.8, 4) is 0 Å². The Hall–Kier alpha value is -1.65. The van der Waals surface area contributed by atoms with Gasteiger partial charge in [-0.2, -0.15) is 5.10 Å². The summed E-state index contributed by atoms with van der Waals surface area (Å²) in [6, 6.07) is 14.9. The molecule has 1 saturated heterocycles. The highest BCUT2D eigenvalue weighted by atomic mass is 32.1. The van der Waals surface area contributed by atoms with Gasteiger partial charge in [0.2, 0.25) is 0 Å². The quantitative estimate of drug-likeness (QED) is 0.844. The van der Waals surface area contributed by atoms with Gasteiger partial charge in [-0.15, -0.1) is 11.3 Å². The molecule has 0 atom stereocenters. The van der Waals surface area contributed by atoms with Crippen LogP contribution in [0.15, 0.2) is 52.9 Å². The van der Waals surface area contributed by atoms with Crippen molar-refractivity contribution < 1.29 is 4.90 Å². The van der Waals surface area contributed by atoms with E-state index >= 15 is 0 Å². The maximum absolute atomic E-state index is 4.57. The lowest BCUT2D eigenvalue weighted by Gasteiger charge is -2.30. The molecule has 1 aromatic heterocycles. The van der Waals surface area contributed by atoms with Crippen LogP contribution in [0.3, 0.4) is 0 Å². The molecule has 1 N–H and O–H groups in total. The van der Waals surface area contributed by atoms with Crippen molar-refractivity contribution >= 4 is 17.6 Å². The zero-order chi connectivity index (χ0) is 13.6. The van der Waals surface area contributed by atoms with E-state index in [1.165, 1.54) is 10.4 Å². The van der Waals surface area contributed by atoms with E-state index < -0.39 is 0 Å². The van der Waals surface area contributed by atoms with Gasteiger partial charge in [-0.25, -0.2) is 0 Å². The van der Waals surface area contributed by atoms with E-state index in [2.05, 4.69) is 58.0 Å². The standard InChI is InChI=1S/C16H19N3S/c1-2-5-15(6-3-1)14-18-8-10-19(11-9-18)17-13-16-7-4-12-20-16/h1-7,12-13H,8-11,14H2/p+1/b17-13-. The zero-order valence-electron chi connectivity index (χ0n) is 11.5. The van der Waals surface area contributed by atoms with Crippen molar-refractivity contribution in [3.63, 3.8) is 0 Å². The first-order chi connectivity index (χ1) is 9.90. The molecule has 104 valence electrons. The number of hydrazone groups is 1. The summed E-state index contributed by atoms with van der Waals surface area (Å²) in [5, 5.41) is 8.85. The number of quaternary nitrogens is 1. The Morgan fingerprint density at radius 1 is 1.10 bits per heavy atom. The molecule has 1 aliphatic heterocycles. The van der Waals surface area contributed by atoms with E-state index in [-0.39, 0.29) is 0 Å². The summed E-state index contributed by atoms with van der Waals surface area (Å²) in [7, 11) is 0. The summed E-state index contributed by atoms with van der Waals surface area (Å²) >= 11 is 1.73. The molecule has 1 fully saturated rings. The minimum absolute atomic E-state index is 1.05. The van der Waals surface area contributed by atoms with E-state index in [0.717, 1.165) is 32.7 Å². The highest BCUT2D eigenvalue weighted by molar-refractivity contribution is 7.11. The van der Waals surface area contributed by atoms with Gasteiger partial charge in [0, 0.05) is 10.4 Å². The van der Waals surface area contributed by atoms with Gasteiger partial charge >= 0.3 is 0 Å². The normalized spacial score (nSPS) is 16.9. The van der Waals surface area contributed by atoms with Crippen LogP contribution in [0.25, 0.3) is 0 Å². The molecule has 0 radical (unpaired) electrons. The molecule has 2 aromatic rings. The molecular formula is C16H20N3S+. The molecule has 20 heavy (non-hydrogen) atoms. The average molecular weight is 286 g/mol.